The monoisotopic (exact) mass is 285 g/mol. The summed E-state index contributed by atoms with van der Waals surface area (Å²) in [5.74, 6) is -0.753. The van der Waals surface area contributed by atoms with Crippen molar-refractivity contribution < 1.29 is 14.7 Å². The maximum absolute atomic E-state index is 12.1. The van der Waals surface area contributed by atoms with Crippen LogP contribution >= 0.6 is 0 Å². The minimum Gasteiger partial charge on any atom is -0.481 e. The lowest BCUT2D eigenvalue weighted by Gasteiger charge is -2.28. The van der Waals surface area contributed by atoms with E-state index < -0.39 is 5.97 Å². The van der Waals surface area contributed by atoms with E-state index in [1.165, 1.54) is 0 Å². The van der Waals surface area contributed by atoms with Crippen LogP contribution in [0.25, 0.3) is 0 Å². The molecule has 20 heavy (non-hydrogen) atoms. The molecule has 0 aromatic carbocycles. The Hall–Kier alpha value is -1.30. The number of hydrogen-bond acceptors (Lipinski definition) is 3. The van der Waals surface area contributed by atoms with Gasteiger partial charge in [-0.15, -0.1) is 0 Å². The minimum absolute atomic E-state index is 0.00559. The van der Waals surface area contributed by atoms with E-state index in [0.717, 1.165) is 38.9 Å². The molecule has 6 nitrogen and oxygen atoms in total. The first-order valence-corrected chi connectivity index (χ1v) is 7.45. The van der Waals surface area contributed by atoms with Gasteiger partial charge in [0.15, 0.2) is 0 Å². The van der Waals surface area contributed by atoms with Gasteiger partial charge in [-0.1, -0.05) is 6.42 Å². The van der Waals surface area contributed by atoms with Crippen molar-refractivity contribution in [2.24, 2.45) is 0 Å². The zero-order valence-corrected chi connectivity index (χ0v) is 12.6. The number of carboxylic acid groups (broad SMARTS) is 1. The molecule has 6 heteroatoms. The summed E-state index contributed by atoms with van der Waals surface area (Å²) in [6.45, 7) is 5.44. The number of likely N-dealkylation sites (N-methyl/N-ethyl adjacent to an activating group) is 1. The van der Waals surface area contributed by atoms with Crippen LogP contribution in [0, 0.1) is 0 Å². The highest BCUT2D eigenvalue weighted by atomic mass is 16.4. The van der Waals surface area contributed by atoms with Gasteiger partial charge in [0.05, 0.1) is 0 Å². The van der Waals surface area contributed by atoms with Crippen LogP contribution in [0.3, 0.4) is 0 Å². The largest absolute Gasteiger partial charge is 0.481 e. The van der Waals surface area contributed by atoms with Gasteiger partial charge in [0.1, 0.15) is 0 Å². The molecule has 1 rings (SSSR count). The van der Waals surface area contributed by atoms with Crippen molar-refractivity contribution in [3.8, 4) is 0 Å². The highest BCUT2D eigenvalue weighted by Crippen LogP contribution is 2.08. The summed E-state index contributed by atoms with van der Waals surface area (Å²) in [4.78, 5) is 26.6. The number of aliphatic carboxylic acids is 1. The van der Waals surface area contributed by atoms with E-state index in [4.69, 9.17) is 5.11 Å². The predicted octanol–water partition coefficient (Wildman–Crippen LogP) is 1.37. The Balaban J connectivity index is 2.19. The molecule has 1 aliphatic heterocycles. The fourth-order valence-electron chi connectivity index (χ4n) is 2.55. The molecule has 2 N–H and O–H groups in total. The van der Waals surface area contributed by atoms with Gasteiger partial charge >= 0.3 is 12.0 Å². The molecule has 1 saturated heterocycles. The number of carbonyl (C=O) groups is 2. The molecule has 1 heterocycles. The molecule has 0 spiro atoms. The molecule has 1 unspecified atom stereocenters. The van der Waals surface area contributed by atoms with E-state index in [1.807, 2.05) is 4.90 Å². The number of nitrogens with one attached hydrogen (secondary N) is 1. The molecule has 0 aromatic heterocycles. The van der Waals surface area contributed by atoms with Gasteiger partial charge in [0.2, 0.25) is 0 Å². The third-order valence-corrected chi connectivity index (χ3v) is 3.65. The summed E-state index contributed by atoms with van der Waals surface area (Å²) in [7, 11) is 2.08. The lowest BCUT2D eigenvalue weighted by Crippen LogP contribution is -2.47. The van der Waals surface area contributed by atoms with Gasteiger partial charge in [0, 0.05) is 32.1 Å². The summed E-state index contributed by atoms with van der Waals surface area (Å²) >= 11 is 0. The minimum atomic E-state index is -0.753. The number of hydrogen-bond donors (Lipinski definition) is 2. The van der Waals surface area contributed by atoms with Gasteiger partial charge in [-0.25, -0.2) is 4.79 Å². The van der Waals surface area contributed by atoms with Crippen LogP contribution in [-0.4, -0.2) is 66.2 Å². The van der Waals surface area contributed by atoms with Crippen LogP contribution in [0.4, 0.5) is 4.79 Å². The Morgan fingerprint density at radius 1 is 1.25 bits per heavy atom. The molecule has 1 fully saturated rings. The Labute approximate surface area is 121 Å². The van der Waals surface area contributed by atoms with Gasteiger partial charge in [-0.05, 0) is 39.8 Å². The Bertz CT molecular complexity index is 323. The van der Waals surface area contributed by atoms with Crippen LogP contribution in [-0.2, 0) is 4.79 Å². The van der Waals surface area contributed by atoms with E-state index in [1.54, 1.807) is 0 Å². The Kier molecular flexibility index (Phi) is 7.36. The number of rotatable bonds is 6. The van der Waals surface area contributed by atoms with Gasteiger partial charge in [0.25, 0.3) is 0 Å². The van der Waals surface area contributed by atoms with Gasteiger partial charge < -0.3 is 20.2 Å². The van der Waals surface area contributed by atoms with E-state index >= 15 is 0 Å². The van der Waals surface area contributed by atoms with Crippen molar-refractivity contribution in [3.63, 3.8) is 0 Å². The predicted molar refractivity (Wildman–Crippen MR) is 77.8 cm³/mol. The lowest BCUT2D eigenvalue weighted by atomic mass is 10.2. The zero-order chi connectivity index (χ0) is 15.0. The van der Waals surface area contributed by atoms with Crippen LogP contribution in [0.1, 0.15) is 39.0 Å². The van der Waals surface area contributed by atoms with Crippen LogP contribution < -0.4 is 5.32 Å². The smallest absolute Gasteiger partial charge is 0.317 e. The number of nitrogens with zero attached hydrogens (tertiary/aromatic N) is 2. The van der Waals surface area contributed by atoms with E-state index in [0.29, 0.717) is 13.0 Å². The fourth-order valence-corrected chi connectivity index (χ4v) is 2.55. The molecule has 0 radical (unpaired) electrons. The molecule has 0 aromatic rings. The van der Waals surface area contributed by atoms with Crippen LogP contribution in [0.15, 0.2) is 0 Å². The average molecular weight is 285 g/mol. The Morgan fingerprint density at radius 3 is 2.70 bits per heavy atom. The normalized spacial score (nSPS) is 20.5. The third kappa shape index (κ3) is 6.23. The third-order valence-electron chi connectivity index (χ3n) is 3.65. The maximum Gasteiger partial charge on any atom is 0.317 e. The second-order valence-electron chi connectivity index (χ2n) is 5.59. The standard InChI is InChI=1S/C14H27N3O3/c1-12-11-16(2)9-6-10-17(12)14(20)15-8-5-3-4-7-13(18)19/h12H,3-11H2,1-2H3,(H,15,20)(H,18,19). The SMILES string of the molecule is CC1CN(C)CCCN1C(=O)NCCCCCC(=O)O. The summed E-state index contributed by atoms with van der Waals surface area (Å²) in [6, 6.07) is 0.237. The first-order chi connectivity index (χ1) is 9.50. The highest BCUT2D eigenvalue weighted by molar-refractivity contribution is 5.74. The second kappa shape index (κ2) is 8.79. The lowest BCUT2D eigenvalue weighted by molar-refractivity contribution is -0.137. The summed E-state index contributed by atoms with van der Waals surface area (Å²) < 4.78 is 0. The van der Waals surface area contributed by atoms with Crippen molar-refractivity contribution in [3.05, 3.63) is 0 Å². The quantitative estimate of drug-likeness (QED) is 0.723. The van der Waals surface area contributed by atoms with Crippen molar-refractivity contribution in [1.82, 2.24) is 15.1 Å². The first kappa shape index (κ1) is 16.8. The van der Waals surface area contributed by atoms with Crippen molar-refractivity contribution in [2.45, 2.75) is 45.1 Å². The molecule has 2 amide bonds. The molecule has 1 atom stereocenters. The molecule has 1 aliphatic rings. The number of carboxylic acids is 1. The summed E-state index contributed by atoms with van der Waals surface area (Å²) in [5, 5.41) is 11.5. The second-order valence-corrected chi connectivity index (χ2v) is 5.59. The molecule has 0 saturated carbocycles. The van der Waals surface area contributed by atoms with E-state index in [2.05, 4.69) is 24.2 Å². The summed E-state index contributed by atoms with van der Waals surface area (Å²) in [5.41, 5.74) is 0. The number of unbranched alkanes of at least 4 members (excludes halogenated alkanes) is 2. The molecule has 116 valence electrons. The first-order valence-electron chi connectivity index (χ1n) is 7.45. The molecule has 0 aliphatic carbocycles. The van der Waals surface area contributed by atoms with Crippen LogP contribution in [0.5, 0.6) is 0 Å². The summed E-state index contributed by atoms with van der Waals surface area (Å²) in [6.07, 6.45) is 3.57. The number of amides is 2. The van der Waals surface area contributed by atoms with E-state index in [9.17, 15) is 9.59 Å². The number of carbonyl (C=O) groups excluding carboxylic acids is 1. The van der Waals surface area contributed by atoms with Crippen LogP contribution in [0.2, 0.25) is 0 Å². The molecule has 0 bridgehead atoms. The Morgan fingerprint density at radius 2 is 2.00 bits per heavy atom. The topological polar surface area (TPSA) is 72.9 Å². The van der Waals surface area contributed by atoms with Crippen molar-refractivity contribution >= 4 is 12.0 Å². The van der Waals surface area contributed by atoms with Crippen molar-refractivity contribution in [2.75, 3.05) is 33.2 Å². The van der Waals surface area contributed by atoms with E-state index in [-0.39, 0.29) is 18.5 Å². The fraction of sp³-hybridized carbons (Fsp3) is 0.857. The zero-order valence-electron chi connectivity index (χ0n) is 12.6. The van der Waals surface area contributed by atoms with Gasteiger partial charge in [-0.2, -0.15) is 0 Å². The number of urea groups is 1. The molecular formula is C14H27N3O3. The molecular weight excluding hydrogens is 258 g/mol. The highest BCUT2D eigenvalue weighted by Gasteiger charge is 2.23. The van der Waals surface area contributed by atoms with Crippen molar-refractivity contribution in [1.29, 1.82) is 0 Å². The average Bonchev–Trinajstić information content (AvgIpc) is 2.53. The van der Waals surface area contributed by atoms with Gasteiger partial charge in [-0.3, -0.25) is 4.79 Å². The maximum atomic E-state index is 12.1.